The summed E-state index contributed by atoms with van der Waals surface area (Å²) in [6.07, 6.45) is 3.33. The Balaban J connectivity index is 1.10. The molecule has 0 aliphatic carbocycles. The van der Waals surface area contributed by atoms with Gasteiger partial charge in [0.2, 0.25) is 11.5 Å². The van der Waals surface area contributed by atoms with Crippen LogP contribution in [-0.2, 0) is 38.3 Å². The Morgan fingerprint density at radius 1 is 0.522 bits per heavy atom. The summed E-state index contributed by atoms with van der Waals surface area (Å²) in [5.41, 5.74) is 6.36. The van der Waals surface area contributed by atoms with Gasteiger partial charge in [0.1, 0.15) is 12.1 Å². The fourth-order valence-electron chi connectivity index (χ4n) is 10.1. The van der Waals surface area contributed by atoms with Crippen LogP contribution in [0.25, 0.3) is 0 Å². The lowest BCUT2D eigenvalue weighted by Crippen LogP contribution is -2.52. The fourth-order valence-corrected chi connectivity index (χ4v) is 10.1. The number of hydrogen-bond acceptors (Lipinski definition) is 14. The average molecular weight is 957 g/mol. The van der Waals surface area contributed by atoms with Gasteiger partial charge >= 0.3 is 11.9 Å². The molecule has 4 atom stereocenters. The van der Waals surface area contributed by atoms with Crippen molar-refractivity contribution in [3.05, 3.63) is 81.9 Å². The van der Waals surface area contributed by atoms with Crippen LogP contribution in [0.3, 0.4) is 0 Å². The minimum absolute atomic E-state index is 0.0445. The van der Waals surface area contributed by atoms with Crippen LogP contribution in [0.1, 0.15) is 58.3 Å². The van der Waals surface area contributed by atoms with E-state index in [1.165, 1.54) is 11.1 Å². The first kappa shape index (κ1) is 51.7. The maximum atomic E-state index is 12.8. The van der Waals surface area contributed by atoms with E-state index in [2.05, 4.69) is 44.1 Å². The highest BCUT2D eigenvalue weighted by Gasteiger charge is 2.45. The number of carbonyl (C=O) groups is 2. The van der Waals surface area contributed by atoms with E-state index in [0.717, 1.165) is 41.8 Å². The van der Waals surface area contributed by atoms with Gasteiger partial charge in [-0.05, 0) is 59.2 Å². The molecule has 69 heavy (non-hydrogen) atoms. The molecule has 0 spiro atoms. The lowest BCUT2D eigenvalue weighted by molar-refractivity contribution is -0.941. The molecule has 2 heterocycles. The molecular formula is C53H68N2O14+2. The van der Waals surface area contributed by atoms with Gasteiger partial charge in [-0.1, -0.05) is 6.07 Å². The third-order valence-electron chi connectivity index (χ3n) is 13.6. The standard InChI is InChI=1S/C53H68N2O14/c1-54(23-19-35-29-42(60-5)43(61-6)33-38(35)39(54)27-34-15-16-40(58-3)41(28-34)59-4)21-13-25-68-47(56)17-18-48(57)69-26-14-22-55(2)24-20-36-30-46(64-9)52(66-11)53(67-12)49(36)50(55)37-31-44(62-7)51(65-10)45(32-37)63-8/h15-16,28-33,39,50H,13-14,19-27H2,1-12H3/q+2. The summed E-state index contributed by atoms with van der Waals surface area (Å²) in [6.45, 7) is 3.12. The van der Waals surface area contributed by atoms with Gasteiger partial charge in [0.15, 0.2) is 46.0 Å². The minimum Gasteiger partial charge on any atom is -0.493 e. The Bertz CT molecular complexity index is 2510. The molecule has 16 heteroatoms. The number of benzene rings is 4. The molecule has 2 aliphatic rings. The van der Waals surface area contributed by atoms with E-state index in [1.807, 2.05) is 30.3 Å². The normalized spacial score (nSPS) is 19.0. The van der Waals surface area contributed by atoms with Crippen molar-refractivity contribution in [3.8, 4) is 69.3 Å². The molecule has 4 aromatic carbocycles. The van der Waals surface area contributed by atoms with Crippen LogP contribution in [0.4, 0.5) is 0 Å². The maximum absolute atomic E-state index is 12.8. The zero-order valence-corrected chi connectivity index (χ0v) is 42.2. The molecule has 16 nitrogen and oxygen atoms in total. The van der Waals surface area contributed by atoms with E-state index < -0.39 is 11.9 Å². The second-order valence-corrected chi connectivity index (χ2v) is 17.5. The molecule has 0 amide bonds. The Labute approximate surface area is 406 Å². The van der Waals surface area contributed by atoms with E-state index in [-0.39, 0.29) is 25.3 Å². The van der Waals surface area contributed by atoms with Crippen molar-refractivity contribution >= 4 is 11.9 Å². The zero-order chi connectivity index (χ0) is 49.9. The molecule has 0 aromatic heterocycles. The fraction of sp³-hybridized carbons (Fsp3) is 0.472. The summed E-state index contributed by atoms with van der Waals surface area (Å²) in [4.78, 5) is 25.6. The Morgan fingerprint density at radius 2 is 1.00 bits per heavy atom. The zero-order valence-electron chi connectivity index (χ0n) is 42.2. The average Bonchev–Trinajstić information content (AvgIpc) is 3.37. The predicted octanol–water partition coefficient (Wildman–Crippen LogP) is 6.72. The van der Waals surface area contributed by atoms with Crippen LogP contribution in [0.5, 0.6) is 57.5 Å². The van der Waals surface area contributed by atoms with Gasteiger partial charge in [-0.15, -0.1) is 0 Å². The smallest absolute Gasteiger partial charge is 0.384 e. The lowest BCUT2D eigenvalue weighted by Gasteiger charge is -2.46. The van der Waals surface area contributed by atoms with Crippen LogP contribution < -0.4 is 47.4 Å². The largest absolute Gasteiger partial charge is 0.493 e. The van der Waals surface area contributed by atoms with E-state index in [9.17, 15) is 9.59 Å². The number of nitrogens with zero attached hydrogens (tertiary/aromatic N) is 2. The van der Waals surface area contributed by atoms with E-state index in [4.69, 9.17) is 56.8 Å². The van der Waals surface area contributed by atoms with E-state index in [1.54, 1.807) is 71.1 Å². The number of likely N-dealkylation sites (N-methyl/N-ethyl adjacent to an activating group) is 2. The van der Waals surface area contributed by atoms with Crippen LogP contribution in [0.2, 0.25) is 0 Å². The first-order chi connectivity index (χ1) is 33.3. The second-order valence-electron chi connectivity index (χ2n) is 17.5. The molecule has 2 aliphatic heterocycles. The minimum atomic E-state index is -0.812. The summed E-state index contributed by atoms with van der Waals surface area (Å²) >= 11 is 0. The van der Waals surface area contributed by atoms with Crippen molar-refractivity contribution < 1.29 is 75.4 Å². The summed E-state index contributed by atoms with van der Waals surface area (Å²) < 4.78 is 69.6. The number of ether oxygens (including phenoxy) is 12. The number of rotatable bonds is 21. The number of hydrogen-bond donors (Lipinski definition) is 0. The molecular weight excluding hydrogens is 889 g/mol. The summed E-state index contributed by atoms with van der Waals surface area (Å²) in [7, 11) is 20.5. The highest BCUT2D eigenvalue weighted by molar-refractivity contribution is 5.98. The van der Waals surface area contributed by atoms with Gasteiger partial charge in [-0.3, -0.25) is 0 Å². The Morgan fingerprint density at radius 3 is 1.55 bits per heavy atom. The first-order valence-electron chi connectivity index (χ1n) is 22.9. The van der Waals surface area contributed by atoms with Crippen molar-refractivity contribution in [1.82, 2.24) is 0 Å². The predicted molar refractivity (Wildman–Crippen MR) is 258 cm³/mol. The van der Waals surface area contributed by atoms with Crippen LogP contribution in [0, 0.1) is 11.8 Å². The monoisotopic (exact) mass is 956 g/mol. The topological polar surface area (TPSA) is 145 Å². The number of esters is 2. The van der Waals surface area contributed by atoms with Gasteiger partial charge in [0.25, 0.3) is 0 Å². The number of quaternary nitrogens is 2. The molecule has 0 N–H and O–H groups in total. The number of fused-ring (bicyclic) bond motifs is 2. The van der Waals surface area contributed by atoms with Crippen LogP contribution >= 0.6 is 0 Å². The quantitative estimate of drug-likeness (QED) is 0.0287. The maximum Gasteiger partial charge on any atom is 0.384 e. The van der Waals surface area contributed by atoms with Gasteiger partial charge < -0.3 is 65.8 Å². The molecule has 6 rings (SSSR count). The van der Waals surface area contributed by atoms with Gasteiger partial charge in [0.05, 0.1) is 130 Å². The molecule has 0 fully saturated rings. The Kier molecular flexibility index (Phi) is 17.3. The molecule has 0 bridgehead atoms. The highest BCUT2D eigenvalue weighted by atomic mass is 16.6. The number of methoxy groups -OCH3 is 10. The van der Waals surface area contributed by atoms with Crippen molar-refractivity contribution in [1.29, 1.82) is 0 Å². The molecule has 0 saturated carbocycles. The number of carbonyl (C=O) groups excluding carboxylic acids is 2. The van der Waals surface area contributed by atoms with Crippen LogP contribution in [0.15, 0.2) is 48.5 Å². The van der Waals surface area contributed by atoms with E-state index in [0.29, 0.717) is 105 Å². The van der Waals surface area contributed by atoms with Gasteiger partial charge in [-0.25, -0.2) is 9.59 Å². The third kappa shape index (κ3) is 11.1. The molecule has 0 saturated heterocycles. The van der Waals surface area contributed by atoms with Crippen molar-refractivity contribution in [3.63, 3.8) is 0 Å². The summed E-state index contributed by atoms with van der Waals surface area (Å²) in [5.74, 6) is 8.84. The van der Waals surface area contributed by atoms with Crippen molar-refractivity contribution in [2.45, 2.75) is 44.2 Å². The summed E-state index contributed by atoms with van der Waals surface area (Å²) in [6, 6.07) is 15.8. The molecule has 4 aromatic rings. The third-order valence-corrected chi connectivity index (χ3v) is 13.6. The van der Waals surface area contributed by atoms with Crippen molar-refractivity contribution in [2.75, 3.05) is 125 Å². The highest BCUT2D eigenvalue weighted by Crippen LogP contribution is 2.53. The Hall–Kier alpha value is -6.70. The second kappa shape index (κ2) is 23.1. The van der Waals surface area contributed by atoms with Crippen LogP contribution in [-0.4, -0.2) is 145 Å². The van der Waals surface area contributed by atoms with Gasteiger partial charge in [0, 0.05) is 55.1 Å². The van der Waals surface area contributed by atoms with Crippen molar-refractivity contribution in [2.24, 2.45) is 0 Å². The van der Waals surface area contributed by atoms with Gasteiger partial charge in [-0.2, -0.15) is 0 Å². The molecule has 372 valence electrons. The SMILES string of the molecule is COc1ccc(CC2c3cc(OC)c(OC)cc3CC[N+]2(C)CCCOC(=O)C#CC(=O)OCCC[N+]2(C)CCc3cc(OC)c(OC)c(OC)c3C2c2cc(OC)c(OC)c(OC)c2)cc1OC. The lowest BCUT2D eigenvalue weighted by atomic mass is 9.84. The molecule has 0 radical (unpaired) electrons. The van der Waals surface area contributed by atoms with E-state index >= 15 is 0 Å². The summed E-state index contributed by atoms with van der Waals surface area (Å²) in [5, 5.41) is 0. The first-order valence-corrected chi connectivity index (χ1v) is 22.9. The molecule has 4 unspecified atom stereocenters.